The number of rotatable bonds is 6. The zero-order valence-electron chi connectivity index (χ0n) is 16.1. The average molecular weight is 421 g/mol. The van der Waals surface area contributed by atoms with Gasteiger partial charge in [-0.05, 0) is 74.2 Å². The van der Waals surface area contributed by atoms with Crippen molar-refractivity contribution in [1.29, 1.82) is 0 Å². The third-order valence-corrected chi connectivity index (χ3v) is 7.00. The molecule has 150 valence electrons. The first-order chi connectivity index (χ1) is 13.3. The van der Waals surface area contributed by atoms with E-state index in [1.807, 2.05) is 13.0 Å². The summed E-state index contributed by atoms with van der Waals surface area (Å²) < 4.78 is 27.6. The maximum atomic E-state index is 13.1. The van der Waals surface area contributed by atoms with Crippen molar-refractivity contribution in [3.63, 3.8) is 0 Å². The third-order valence-electron chi connectivity index (χ3n) is 4.92. The minimum atomic E-state index is -3.68. The summed E-state index contributed by atoms with van der Waals surface area (Å²) in [6.07, 6.45) is 3.37. The first-order valence-electron chi connectivity index (χ1n) is 9.55. The largest absolute Gasteiger partial charge is 0.350 e. The monoisotopic (exact) mass is 420 g/mol. The number of aryl methyl sites for hydroxylation is 1. The molecule has 1 amide bonds. The molecule has 0 bridgehead atoms. The topological polar surface area (TPSA) is 66.5 Å². The lowest BCUT2D eigenvalue weighted by Gasteiger charge is -2.31. The number of carbonyl (C=O) groups is 1. The van der Waals surface area contributed by atoms with E-state index in [0.717, 1.165) is 24.8 Å². The highest BCUT2D eigenvalue weighted by Crippen LogP contribution is 2.33. The Balaban J connectivity index is 1.88. The molecule has 0 radical (unpaired) electrons. The van der Waals surface area contributed by atoms with Crippen molar-refractivity contribution in [3.05, 3.63) is 58.6 Å². The second-order valence-electron chi connectivity index (χ2n) is 7.14. The van der Waals surface area contributed by atoms with Crippen LogP contribution in [-0.4, -0.2) is 26.9 Å². The van der Waals surface area contributed by atoms with Crippen molar-refractivity contribution in [3.8, 4) is 0 Å². The fourth-order valence-corrected chi connectivity index (χ4v) is 5.17. The molecule has 7 heteroatoms. The molecule has 0 fully saturated rings. The zero-order valence-corrected chi connectivity index (χ0v) is 17.7. The number of nitrogens with zero attached hydrogens (tertiary/aromatic N) is 1. The van der Waals surface area contributed by atoms with Gasteiger partial charge in [0.05, 0.1) is 10.6 Å². The van der Waals surface area contributed by atoms with Gasteiger partial charge in [-0.3, -0.25) is 9.10 Å². The van der Waals surface area contributed by atoms with E-state index in [2.05, 4.69) is 12.2 Å². The third kappa shape index (κ3) is 4.33. The summed E-state index contributed by atoms with van der Waals surface area (Å²) in [6, 6.07) is 11.5. The lowest BCUT2D eigenvalue weighted by atomic mass is 10.0. The normalized spacial score (nSPS) is 15.0. The first-order valence-corrected chi connectivity index (χ1v) is 11.4. The Morgan fingerprint density at radius 2 is 1.93 bits per heavy atom. The van der Waals surface area contributed by atoms with Crippen molar-refractivity contribution in [2.45, 2.75) is 50.5 Å². The smallest absolute Gasteiger partial charge is 0.264 e. The molecule has 0 unspecified atom stereocenters. The van der Waals surface area contributed by atoms with Crippen LogP contribution in [0.1, 0.15) is 49.0 Å². The van der Waals surface area contributed by atoms with E-state index in [-0.39, 0.29) is 16.8 Å². The number of nitrogens with one attached hydrogen (secondary N) is 1. The first kappa shape index (κ1) is 20.7. The van der Waals surface area contributed by atoms with Gasteiger partial charge in [-0.15, -0.1) is 0 Å². The second-order valence-corrected chi connectivity index (χ2v) is 9.44. The van der Waals surface area contributed by atoms with Crippen molar-refractivity contribution in [2.75, 3.05) is 10.8 Å². The van der Waals surface area contributed by atoms with Crippen molar-refractivity contribution >= 4 is 33.2 Å². The molecule has 1 aliphatic rings. The van der Waals surface area contributed by atoms with Crippen LogP contribution in [0, 0.1) is 0 Å². The molecule has 0 aromatic heterocycles. The van der Waals surface area contributed by atoms with Gasteiger partial charge < -0.3 is 5.32 Å². The molecule has 1 aliphatic heterocycles. The van der Waals surface area contributed by atoms with E-state index in [9.17, 15) is 13.2 Å². The van der Waals surface area contributed by atoms with Crippen LogP contribution in [0.25, 0.3) is 0 Å². The van der Waals surface area contributed by atoms with Crippen LogP contribution in [0.4, 0.5) is 5.69 Å². The second kappa shape index (κ2) is 8.53. The van der Waals surface area contributed by atoms with Gasteiger partial charge in [0.2, 0.25) is 0 Å². The number of anilines is 1. The minimum Gasteiger partial charge on any atom is -0.350 e. The number of amides is 1. The van der Waals surface area contributed by atoms with Gasteiger partial charge >= 0.3 is 0 Å². The van der Waals surface area contributed by atoms with E-state index in [4.69, 9.17) is 11.6 Å². The number of halogens is 1. The highest BCUT2D eigenvalue weighted by atomic mass is 35.5. The van der Waals surface area contributed by atoms with E-state index >= 15 is 0 Å². The highest BCUT2D eigenvalue weighted by Gasteiger charge is 2.29. The fraction of sp³-hybridized carbons (Fsp3) is 0.381. The molecule has 0 spiro atoms. The lowest BCUT2D eigenvalue weighted by molar-refractivity contribution is 0.0938. The minimum absolute atomic E-state index is 0.107. The van der Waals surface area contributed by atoms with Gasteiger partial charge in [0.25, 0.3) is 15.9 Å². The summed E-state index contributed by atoms with van der Waals surface area (Å²) in [4.78, 5) is 12.7. The number of carbonyl (C=O) groups excluding carboxylic acids is 1. The average Bonchev–Trinajstić information content (AvgIpc) is 2.67. The van der Waals surface area contributed by atoms with Crippen LogP contribution in [-0.2, 0) is 16.4 Å². The predicted octanol–water partition coefficient (Wildman–Crippen LogP) is 4.40. The SMILES string of the molecule is CCC[C@H](C)NC(=O)c1ccc2c(c1)CCCN2S(=O)(=O)c1ccc(Cl)cc1. The molecule has 0 aliphatic carbocycles. The Bertz CT molecular complexity index is 958. The molecule has 2 aromatic rings. The number of fused-ring (bicyclic) bond motifs is 1. The van der Waals surface area contributed by atoms with Crippen LogP contribution >= 0.6 is 11.6 Å². The molecule has 0 saturated heterocycles. The summed E-state index contributed by atoms with van der Waals surface area (Å²) in [5.41, 5.74) is 2.08. The summed E-state index contributed by atoms with van der Waals surface area (Å²) >= 11 is 5.89. The zero-order chi connectivity index (χ0) is 20.3. The molecule has 0 saturated carbocycles. The molecular formula is C21H25ClN2O3S. The predicted molar refractivity (Wildman–Crippen MR) is 113 cm³/mol. The quantitative estimate of drug-likeness (QED) is 0.753. The molecule has 1 heterocycles. The Morgan fingerprint density at radius 1 is 1.21 bits per heavy atom. The van der Waals surface area contributed by atoms with Crippen LogP contribution in [0.5, 0.6) is 0 Å². The van der Waals surface area contributed by atoms with E-state index in [1.54, 1.807) is 24.3 Å². The van der Waals surface area contributed by atoms with E-state index in [0.29, 0.717) is 29.2 Å². The summed E-state index contributed by atoms with van der Waals surface area (Å²) in [5, 5.41) is 3.48. The van der Waals surface area contributed by atoms with Gasteiger partial charge in [-0.2, -0.15) is 0 Å². The van der Waals surface area contributed by atoms with E-state index < -0.39 is 10.0 Å². The van der Waals surface area contributed by atoms with Crippen LogP contribution < -0.4 is 9.62 Å². The molecular weight excluding hydrogens is 396 g/mol. The number of sulfonamides is 1. The van der Waals surface area contributed by atoms with Crippen molar-refractivity contribution in [1.82, 2.24) is 5.32 Å². The van der Waals surface area contributed by atoms with Gasteiger partial charge in [0.1, 0.15) is 0 Å². The van der Waals surface area contributed by atoms with Gasteiger partial charge in [0, 0.05) is 23.2 Å². The van der Waals surface area contributed by atoms with Crippen molar-refractivity contribution < 1.29 is 13.2 Å². The number of hydrogen-bond acceptors (Lipinski definition) is 3. The summed E-state index contributed by atoms with van der Waals surface area (Å²) in [6.45, 7) is 4.48. The van der Waals surface area contributed by atoms with Crippen LogP contribution in [0.15, 0.2) is 47.4 Å². The number of hydrogen-bond donors (Lipinski definition) is 1. The standard InChI is InChI=1S/C21H25ClN2O3S/c1-3-5-15(2)23-21(25)17-7-12-20-16(14-17)6-4-13-24(20)28(26,27)19-10-8-18(22)9-11-19/h7-12,14-15H,3-6,13H2,1-2H3,(H,23,25)/t15-/m0/s1. The maximum Gasteiger partial charge on any atom is 0.264 e. The molecule has 28 heavy (non-hydrogen) atoms. The molecule has 1 atom stereocenters. The molecule has 3 rings (SSSR count). The fourth-order valence-electron chi connectivity index (χ4n) is 3.50. The maximum absolute atomic E-state index is 13.1. The number of benzene rings is 2. The molecule has 5 nitrogen and oxygen atoms in total. The van der Waals surface area contributed by atoms with Gasteiger partial charge in [0.15, 0.2) is 0 Å². The molecule has 1 N–H and O–H groups in total. The van der Waals surface area contributed by atoms with Crippen LogP contribution in [0.2, 0.25) is 5.02 Å². The summed E-state index contributed by atoms with van der Waals surface area (Å²) in [7, 11) is -3.68. The summed E-state index contributed by atoms with van der Waals surface area (Å²) in [5.74, 6) is -0.124. The highest BCUT2D eigenvalue weighted by molar-refractivity contribution is 7.92. The Morgan fingerprint density at radius 3 is 2.61 bits per heavy atom. The Labute approximate surface area is 171 Å². The molecule has 2 aromatic carbocycles. The Kier molecular flexibility index (Phi) is 6.30. The van der Waals surface area contributed by atoms with Crippen molar-refractivity contribution in [2.24, 2.45) is 0 Å². The lowest BCUT2D eigenvalue weighted by Crippen LogP contribution is -2.36. The Hall–Kier alpha value is -2.05. The van der Waals surface area contributed by atoms with Gasteiger partial charge in [-0.25, -0.2) is 8.42 Å². The van der Waals surface area contributed by atoms with Gasteiger partial charge in [-0.1, -0.05) is 24.9 Å². The van der Waals surface area contributed by atoms with Crippen LogP contribution in [0.3, 0.4) is 0 Å². The van der Waals surface area contributed by atoms with E-state index in [1.165, 1.54) is 16.4 Å².